The number of carbonyl (C=O) groups excluding carboxylic acids is 2. The first-order valence-electron chi connectivity index (χ1n) is 7.42. The Balaban J connectivity index is 1.89. The summed E-state index contributed by atoms with van der Waals surface area (Å²) in [6.45, 7) is 3.60. The Morgan fingerprint density at radius 2 is 1.79 bits per heavy atom. The van der Waals surface area contributed by atoms with Crippen LogP contribution in [0.1, 0.15) is 28.4 Å². The second kappa shape index (κ2) is 8.40. The van der Waals surface area contributed by atoms with Gasteiger partial charge in [0.1, 0.15) is 6.04 Å². The van der Waals surface area contributed by atoms with Crippen LogP contribution in [0.5, 0.6) is 0 Å². The van der Waals surface area contributed by atoms with Crippen LogP contribution in [0.15, 0.2) is 58.1 Å². The molecule has 2 aromatic rings. The number of benzene rings is 2. The topological polar surface area (TPSA) is 70.6 Å². The molecule has 0 aromatic heterocycles. The zero-order chi connectivity index (χ0) is 17.5. The van der Waals surface area contributed by atoms with E-state index in [1.165, 1.54) is 0 Å². The van der Waals surface area contributed by atoms with Gasteiger partial charge in [0.2, 0.25) is 0 Å². The van der Waals surface area contributed by atoms with E-state index in [2.05, 4.69) is 31.8 Å². The molecule has 2 amide bonds. The van der Waals surface area contributed by atoms with Crippen molar-refractivity contribution in [2.45, 2.75) is 19.9 Å². The number of halogens is 1. The molecule has 124 valence electrons. The molecule has 0 spiro atoms. The quantitative estimate of drug-likeness (QED) is 0.611. The molecule has 0 fully saturated rings. The summed E-state index contributed by atoms with van der Waals surface area (Å²) >= 11 is 3.31. The van der Waals surface area contributed by atoms with Crippen LogP contribution in [0.2, 0.25) is 0 Å². The highest BCUT2D eigenvalue weighted by Gasteiger charge is 2.17. The van der Waals surface area contributed by atoms with Crippen LogP contribution in [0.3, 0.4) is 0 Å². The van der Waals surface area contributed by atoms with E-state index in [4.69, 9.17) is 0 Å². The lowest BCUT2D eigenvalue weighted by Gasteiger charge is -2.12. The van der Waals surface area contributed by atoms with Crippen LogP contribution in [0.25, 0.3) is 0 Å². The van der Waals surface area contributed by atoms with Gasteiger partial charge >= 0.3 is 0 Å². The van der Waals surface area contributed by atoms with Crippen molar-refractivity contribution in [3.05, 3.63) is 69.7 Å². The zero-order valence-electron chi connectivity index (χ0n) is 13.4. The third-order valence-corrected chi connectivity index (χ3v) is 4.02. The molecule has 6 heteroatoms. The minimum atomic E-state index is -0.709. The highest BCUT2D eigenvalue weighted by atomic mass is 79.9. The Morgan fingerprint density at radius 1 is 1.12 bits per heavy atom. The molecule has 2 rings (SSSR count). The average molecular weight is 388 g/mol. The highest BCUT2D eigenvalue weighted by molar-refractivity contribution is 9.10. The average Bonchev–Trinajstić information content (AvgIpc) is 2.56. The van der Waals surface area contributed by atoms with Crippen molar-refractivity contribution in [1.82, 2.24) is 10.7 Å². The summed E-state index contributed by atoms with van der Waals surface area (Å²) in [5.74, 6) is -0.716. The summed E-state index contributed by atoms with van der Waals surface area (Å²) in [6, 6.07) is 14.1. The SMILES string of the molecule is Cc1ccc(C=NNC(=O)C(C)NC(=O)c2ccccc2Br)cc1. The Hall–Kier alpha value is -2.47. The number of hydrogen-bond donors (Lipinski definition) is 2. The standard InChI is InChI=1S/C18H18BrN3O2/c1-12-7-9-14(10-8-12)11-20-22-17(23)13(2)21-18(24)15-5-3-4-6-16(15)19/h3-11,13H,1-2H3,(H,21,24)(H,22,23). The van der Waals surface area contributed by atoms with Crippen molar-refractivity contribution in [2.24, 2.45) is 5.10 Å². The highest BCUT2D eigenvalue weighted by Crippen LogP contribution is 2.15. The molecule has 0 saturated carbocycles. The molecule has 0 aliphatic carbocycles. The third-order valence-electron chi connectivity index (χ3n) is 3.33. The summed E-state index contributed by atoms with van der Waals surface area (Å²) in [6.07, 6.45) is 1.56. The number of hydrogen-bond acceptors (Lipinski definition) is 3. The molecular weight excluding hydrogens is 370 g/mol. The van der Waals surface area contributed by atoms with Gasteiger partial charge in [-0.15, -0.1) is 0 Å². The van der Waals surface area contributed by atoms with Gasteiger partial charge in [0.05, 0.1) is 11.8 Å². The number of hydrazone groups is 1. The summed E-state index contributed by atoms with van der Waals surface area (Å²) in [7, 11) is 0. The van der Waals surface area contributed by atoms with Crippen LogP contribution < -0.4 is 10.7 Å². The molecule has 1 atom stereocenters. The maximum atomic E-state index is 12.1. The van der Waals surface area contributed by atoms with E-state index in [9.17, 15) is 9.59 Å². The number of amides is 2. The molecule has 0 aliphatic heterocycles. The maximum absolute atomic E-state index is 12.1. The molecule has 0 saturated heterocycles. The maximum Gasteiger partial charge on any atom is 0.262 e. The van der Waals surface area contributed by atoms with Crippen molar-refractivity contribution in [3.63, 3.8) is 0 Å². The van der Waals surface area contributed by atoms with Gasteiger partial charge in [-0.3, -0.25) is 9.59 Å². The summed E-state index contributed by atoms with van der Waals surface area (Å²) in [5, 5.41) is 6.54. The summed E-state index contributed by atoms with van der Waals surface area (Å²) < 4.78 is 0.674. The first-order valence-corrected chi connectivity index (χ1v) is 8.21. The molecule has 5 nitrogen and oxygen atoms in total. The second-order valence-electron chi connectivity index (χ2n) is 5.32. The van der Waals surface area contributed by atoms with E-state index in [1.807, 2.05) is 37.3 Å². The number of rotatable bonds is 5. The van der Waals surface area contributed by atoms with Gasteiger partial charge in [-0.05, 0) is 47.5 Å². The van der Waals surface area contributed by atoms with E-state index in [0.717, 1.165) is 11.1 Å². The Bertz CT molecular complexity index is 757. The predicted molar refractivity (Wildman–Crippen MR) is 98.0 cm³/mol. The lowest BCUT2D eigenvalue weighted by atomic mass is 10.2. The first-order chi connectivity index (χ1) is 11.5. The lowest BCUT2D eigenvalue weighted by molar-refractivity contribution is -0.122. The molecule has 2 aromatic carbocycles. The molecule has 2 N–H and O–H groups in total. The first kappa shape index (κ1) is 17.9. The number of carbonyl (C=O) groups is 2. The summed E-state index contributed by atoms with van der Waals surface area (Å²) in [4.78, 5) is 24.1. The molecule has 0 heterocycles. The molecule has 0 radical (unpaired) electrons. The van der Waals surface area contributed by atoms with E-state index < -0.39 is 11.9 Å². The van der Waals surface area contributed by atoms with Crippen molar-refractivity contribution >= 4 is 34.0 Å². The minimum absolute atomic E-state index is 0.326. The van der Waals surface area contributed by atoms with Crippen molar-refractivity contribution in [1.29, 1.82) is 0 Å². The minimum Gasteiger partial charge on any atom is -0.340 e. The lowest BCUT2D eigenvalue weighted by Crippen LogP contribution is -2.43. The van der Waals surface area contributed by atoms with E-state index in [-0.39, 0.29) is 5.91 Å². The van der Waals surface area contributed by atoms with Gasteiger partial charge in [-0.1, -0.05) is 42.0 Å². The van der Waals surface area contributed by atoms with E-state index >= 15 is 0 Å². The number of nitrogens with zero attached hydrogens (tertiary/aromatic N) is 1. The van der Waals surface area contributed by atoms with E-state index in [0.29, 0.717) is 10.0 Å². The van der Waals surface area contributed by atoms with Gasteiger partial charge in [0.15, 0.2) is 0 Å². The second-order valence-corrected chi connectivity index (χ2v) is 6.17. The Morgan fingerprint density at radius 3 is 2.46 bits per heavy atom. The fourth-order valence-corrected chi connectivity index (χ4v) is 2.37. The number of nitrogens with one attached hydrogen (secondary N) is 2. The molecule has 0 aliphatic rings. The van der Waals surface area contributed by atoms with Gasteiger partial charge in [-0.2, -0.15) is 5.10 Å². The largest absolute Gasteiger partial charge is 0.340 e. The Labute approximate surface area is 149 Å². The monoisotopic (exact) mass is 387 g/mol. The van der Waals surface area contributed by atoms with E-state index in [1.54, 1.807) is 31.3 Å². The molecule has 0 bridgehead atoms. The normalized spacial score (nSPS) is 12.0. The molecule has 24 heavy (non-hydrogen) atoms. The van der Waals surface area contributed by atoms with Crippen LogP contribution in [-0.2, 0) is 4.79 Å². The smallest absolute Gasteiger partial charge is 0.262 e. The van der Waals surface area contributed by atoms with Crippen LogP contribution >= 0.6 is 15.9 Å². The van der Waals surface area contributed by atoms with Gasteiger partial charge < -0.3 is 5.32 Å². The predicted octanol–water partition coefficient (Wildman–Crippen LogP) is 3.03. The Kier molecular flexibility index (Phi) is 6.26. The van der Waals surface area contributed by atoms with Gasteiger partial charge in [-0.25, -0.2) is 5.43 Å². The van der Waals surface area contributed by atoms with Gasteiger partial charge in [0, 0.05) is 4.47 Å². The zero-order valence-corrected chi connectivity index (χ0v) is 15.0. The van der Waals surface area contributed by atoms with Crippen molar-refractivity contribution in [2.75, 3.05) is 0 Å². The third kappa shape index (κ3) is 5.03. The number of aryl methyl sites for hydroxylation is 1. The van der Waals surface area contributed by atoms with Crippen molar-refractivity contribution < 1.29 is 9.59 Å². The fourth-order valence-electron chi connectivity index (χ4n) is 1.91. The molecule has 1 unspecified atom stereocenters. The summed E-state index contributed by atoms with van der Waals surface area (Å²) in [5.41, 5.74) is 4.93. The van der Waals surface area contributed by atoms with Crippen LogP contribution in [-0.4, -0.2) is 24.1 Å². The van der Waals surface area contributed by atoms with Crippen LogP contribution in [0, 0.1) is 6.92 Å². The van der Waals surface area contributed by atoms with Crippen LogP contribution in [0.4, 0.5) is 0 Å². The fraction of sp³-hybridized carbons (Fsp3) is 0.167. The van der Waals surface area contributed by atoms with Gasteiger partial charge in [0.25, 0.3) is 11.8 Å². The molecular formula is C18H18BrN3O2. The van der Waals surface area contributed by atoms with Crippen molar-refractivity contribution in [3.8, 4) is 0 Å².